The van der Waals surface area contributed by atoms with Crippen molar-refractivity contribution in [3.05, 3.63) is 46.4 Å². The van der Waals surface area contributed by atoms with E-state index in [-0.39, 0.29) is 0 Å². The molecule has 122 valence electrons. The Kier molecular flexibility index (Phi) is 4.36. The van der Waals surface area contributed by atoms with Crippen molar-refractivity contribution in [3.63, 3.8) is 0 Å². The van der Waals surface area contributed by atoms with Crippen LogP contribution in [0.3, 0.4) is 0 Å². The van der Waals surface area contributed by atoms with Gasteiger partial charge >= 0.3 is 0 Å². The summed E-state index contributed by atoms with van der Waals surface area (Å²) in [6.07, 6.45) is 9.57. The van der Waals surface area contributed by atoms with E-state index in [0.717, 1.165) is 37.6 Å². The van der Waals surface area contributed by atoms with Gasteiger partial charge in [0.05, 0.1) is 6.54 Å². The minimum Gasteiger partial charge on any atom is -0.448 e. The zero-order valence-electron chi connectivity index (χ0n) is 13.3. The molecule has 4 nitrogen and oxygen atoms in total. The molecule has 23 heavy (non-hydrogen) atoms. The number of furan rings is 1. The molecule has 1 fully saturated rings. The molecule has 0 N–H and O–H groups in total. The molecule has 0 unspecified atom stereocenters. The number of rotatable bonds is 3. The van der Waals surface area contributed by atoms with Crippen molar-refractivity contribution in [1.82, 2.24) is 14.9 Å². The van der Waals surface area contributed by atoms with Crippen LogP contribution in [0.5, 0.6) is 0 Å². The lowest BCUT2D eigenvalue weighted by atomic mass is 9.88. The number of halogens is 1. The molecular weight excluding hydrogens is 310 g/mol. The second-order valence-corrected chi connectivity index (χ2v) is 7.07. The van der Waals surface area contributed by atoms with Crippen LogP contribution < -0.4 is 0 Å². The average molecular weight is 332 g/mol. The summed E-state index contributed by atoms with van der Waals surface area (Å²) >= 11 is 5.85. The van der Waals surface area contributed by atoms with Gasteiger partial charge in [-0.25, -0.2) is 9.97 Å². The highest BCUT2D eigenvalue weighted by molar-refractivity contribution is 6.28. The van der Waals surface area contributed by atoms with Crippen LogP contribution in [-0.2, 0) is 19.5 Å². The quantitative estimate of drug-likeness (QED) is 0.839. The lowest BCUT2D eigenvalue weighted by Crippen LogP contribution is -2.31. The molecule has 1 aliphatic heterocycles. The fourth-order valence-corrected chi connectivity index (χ4v) is 3.90. The van der Waals surface area contributed by atoms with E-state index >= 15 is 0 Å². The Morgan fingerprint density at radius 3 is 2.87 bits per heavy atom. The molecule has 0 atom stereocenters. The summed E-state index contributed by atoms with van der Waals surface area (Å²) in [5.74, 6) is 2.57. The van der Waals surface area contributed by atoms with Crippen molar-refractivity contribution in [2.24, 2.45) is 0 Å². The minimum atomic E-state index is 0.456. The lowest BCUT2D eigenvalue weighted by molar-refractivity contribution is 0.223. The highest BCUT2D eigenvalue weighted by atomic mass is 35.5. The molecule has 3 heterocycles. The Bertz CT molecular complexity index is 679. The third-order valence-corrected chi connectivity index (χ3v) is 5.21. The number of aromatic nitrogens is 2. The van der Waals surface area contributed by atoms with Gasteiger partial charge in [-0.15, -0.1) is 0 Å². The molecule has 5 heteroatoms. The van der Waals surface area contributed by atoms with E-state index in [1.54, 1.807) is 6.07 Å². The van der Waals surface area contributed by atoms with Crippen LogP contribution >= 0.6 is 11.6 Å². The van der Waals surface area contributed by atoms with Gasteiger partial charge in [-0.05, 0) is 36.6 Å². The van der Waals surface area contributed by atoms with Crippen LogP contribution in [0.1, 0.15) is 60.9 Å². The van der Waals surface area contributed by atoms with E-state index in [2.05, 4.69) is 9.88 Å². The zero-order chi connectivity index (χ0) is 15.6. The van der Waals surface area contributed by atoms with E-state index in [9.17, 15) is 0 Å². The lowest BCUT2D eigenvalue weighted by Gasteiger charge is -2.28. The molecule has 0 saturated heterocycles. The summed E-state index contributed by atoms with van der Waals surface area (Å²) in [4.78, 5) is 11.9. The Hall–Kier alpha value is -1.39. The topological polar surface area (TPSA) is 42.2 Å². The fourth-order valence-electron chi connectivity index (χ4n) is 3.74. The third kappa shape index (κ3) is 3.43. The van der Waals surface area contributed by atoms with Gasteiger partial charge < -0.3 is 4.42 Å². The standard InChI is InChI=1S/C18H22ClN3O/c19-17-7-6-15(23-17)12-22-9-8-16-14(11-22)10-20-18(21-16)13-4-2-1-3-5-13/h6-7,10,13H,1-5,8-9,11-12H2. The van der Waals surface area contributed by atoms with Crippen LogP contribution in [0.15, 0.2) is 22.7 Å². The van der Waals surface area contributed by atoms with E-state index < -0.39 is 0 Å². The van der Waals surface area contributed by atoms with E-state index in [1.807, 2.05) is 12.3 Å². The fraction of sp³-hybridized carbons (Fsp3) is 0.556. The predicted molar refractivity (Wildman–Crippen MR) is 89.4 cm³/mol. The van der Waals surface area contributed by atoms with Gasteiger partial charge in [0, 0.05) is 42.9 Å². The van der Waals surface area contributed by atoms with Crippen LogP contribution in [0.4, 0.5) is 0 Å². The maximum Gasteiger partial charge on any atom is 0.193 e. The molecule has 0 aromatic carbocycles. The van der Waals surface area contributed by atoms with Crippen LogP contribution in [0.2, 0.25) is 5.22 Å². The van der Waals surface area contributed by atoms with Gasteiger partial charge in [-0.2, -0.15) is 0 Å². The monoisotopic (exact) mass is 331 g/mol. The predicted octanol–water partition coefficient (Wildman–Crippen LogP) is 4.33. The van der Waals surface area contributed by atoms with E-state index in [1.165, 1.54) is 43.4 Å². The highest BCUT2D eigenvalue weighted by Gasteiger charge is 2.23. The minimum absolute atomic E-state index is 0.456. The largest absolute Gasteiger partial charge is 0.448 e. The summed E-state index contributed by atoms with van der Waals surface area (Å²) in [5, 5.41) is 0.456. The smallest absolute Gasteiger partial charge is 0.193 e. The molecule has 0 radical (unpaired) electrons. The van der Waals surface area contributed by atoms with Gasteiger partial charge in [0.1, 0.15) is 11.6 Å². The normalized spacial score (nSPS) is 19.7. The van der Waals surface area contributed by atoms with Crippen molar-refractivity contribution in [1.29, 1.82) is 0 Å². The zero-order valence-corrected chi connectivity index (χ0v) is 14.1. The Morgan fingerprint density at radius 1 is 1.22 bits per heavy atom. The number of hydrogen-bond acceptors (Lipinski definition) is 4. The molecule has 0 spiro atoms. The van der Waals surface area contributed by atoms with Crippen LogP contribution in [0, 0.1) is 0 Å². The average Bonchev–Trinajstić information content (AvgIpc) is 3.00. The first-order valence-corrected chi connectivity index (χ1v) is 8.97. The van der Waals surface area contributed by atoms with E-state index in [4.69, 9.17) is 21.0 Å². The van der Waals surface area contributed by atoms with Crippen molar-refractivity contribution in [2.45, 2.75) is 57.5 Å². The molecular formula is C18H22ClN3O. The van der Waals surface area contributed by atoms with Crippen molar-refractivity contribution >= 4 is 11.6 Å². The number of nitrogens with zero attached hydrogens (tertiary/aromatic N) is 3. The number of hydrogen-bond donors (Lipinski definition) is 0. The second kappa shape index (κ2) is 6.62. The van der Waals surface area contributed by atoms with Crippen molar-refractivity contribution in [2.75, 3.05) is 6.54 Å². The van der Waals surface area contributed by atoms with Crippen molar-refractivity contribution in [3.8, 4) is 0 Å². The third-order valence-electron chi connectivity index (χ3n) is 5.01. The van der Waals surface area contributed by atoms with Gasteiger partial charge in [0.2, 0.25) is 0 Å². The Balaban J connectivity index is 1.45. The Labute approximate surface area is 141 Å². The van der Waals surface area contributed by atoms with E-state index in [0.29, 0.717) is 11.1 Å². The maximum absolute atomic E-state index is 5.85. The first kappa shape index (κ1) is 15.2. The van der Waals surface area contributed by atoms with Crippen LogP contribution in [0.25, 0.3) is 0 Å². The summed E-state index contributed by atoms with van der Waals surface area (Å²) < 4.78 is 5.47. The summed E-state index contributed by atoms with van der Waals surface area (Å²) in [7, 11) is 0. The van der Waals surface area contributed by atoms with Crippen molar-refractivity contribution < 1.29 is 4.42 Å². The molecule has 1 saturated carbocycles. The molecule has 1 aliphatic carbocycles. The molecule has 0 amide bonds. The van der Waals surface area contributed by atoms with Gasteiger partial charge in [0.25, 0.3) is 0 Å². The highest BCUT2D eigenvalue weighted by Crippen LogP contribution is 2.31. The first-order valence-electron chi connectivity index (χ1n) is 8.59. The van der Waals surface area contributed by atoms with Crippen LogP contribution in [-0.4, -0.2) is 21.4 Å². The van der Waals surface area contributed by atoms with Gasteiger partial charge in [-0.1, -0.05) is 19.3 Å². The SMILES string of the molecule is Clc1ccc(CN2CCc3nc(C4CCCCC4)ncc3C2)o1. The molecule has 4 rings (SSSR count). The summed E-state index contributed by atoms with van der Waals surface area (Å²) in [5.41, 5.74) is 2.50. The maximum atomic E-state index is 5.85. The van der Waals surface area contributed by atoms with Gasteiger partial charge in [0.15, 0.2) is 5.22 Å². The molecule has 2 aromatic heterocycles. The first-order chi connectivity index (χ1) is 11.3. The number of fused-ring (bicyclic) bond motifs is 1. The van der Waals surface area contributed by atoms with Gasteiger partial charge in [-0.3, -0.25) is 4.90 Å². The molecule has 2 aliphatic rings. The summed E-state index contributed by atoms with van der Waals surface area (Å²) in [6.45, 7) is 2.68. The summed E-state index contributed by atoms with van der Waals surface area (Å²) in [6, 6.07) is 3.74. The second-order valence-electron chi connectivity index (χ2n) is 6.70. The molecule has 0 bridgehead atoms. The Morgan fingerprint density at radius 2 is 2.09 bits per heavy atom. The molecule has 2 aromatic rings.